The molecule has 3 N–H and O–H groups in total. The molecule has 1 fully saturated rings. The van der Waals surface area contributed by atoms with Crippen LogP contribution in [-0.4, -0.2) is 53.6 Å². The summed E-state index contributed by atoms with van der Waals surface area (Å²) < 4.78 is 16.4. The molecule has 1 aliphatic rings. The Morgan fingerprint density at radius 3 is 2.00 bits per heavy atom. The van der Waals surface area contributed by atoms with E-state index in [9.17, 15) is 29.6 Å². The Labute approximate surface area is 254 Å². The van der Waals surface area contributed by atoms with Gasteiger partial charge in [-0.3, -0.25) is 24.5 Å². The number of amides is 2. The smallest absolute Gasteiger partial charge is 0.311 e. The Morgan fingerprint density at radius 2 is 1.48 bits per heavy atom. The van der Waals surface area contributed by atoms with Crippen LogP contribution in [0.2, 0.25) is 0 Å². The SMILES string of the molecule is CCOc1ccccc1NC(=O)C1C(=O)CC(C)(O)C(C(=O)Nc2ccccc2OCC)C1c1ccc(OC)c([N+](=O)[O-])c1. The van der Waals surface area contributed by atoms with Crippen LogP contribution in [0.25, 0.3) is 0 Å². The highest BCUT2D eigenvalue weighted by Crippen LogP contribution is 2.48. The predicted octanol–water partition coefficient (Wildman–Crippen LogP) is 4.72. The molecule has 12 nitrogen and oxygen atoms in total. The normalized spacial score (nSPS) is 21.2. The van der Waals surface area contributed by atoms with E-state index in [1.807, 2.05) is 0 Å². The van der Waals surface area contributed by atoms with E-state index >= 15 is 0 Å². The van der Waals surface area contributed by atoms with Crippen LogP contribution >= 0.6 is 0 Å². The summed E-state index contributed by atoms with van der Waals surface area (Å²) in [4.78, 5) is 53.0. The highest BCUT2D eigenvalue weighted by atomic mass is 16.6. The molecule has 4 rings (SSSR count). The van der Waals surface area contributed by atoms with Crippen molar-refractivity contribution >= 4 is 34.7 Å². The van der Waals surface area contributed by atoms with E-state index in [0.29, 0.717) is 36.1 Å². The molecule has 0 radical (unpaired) electrons. The predicted molar refractivity (Wildman–Crippen MR) is 162 cm³/mol. The molecule has 4 unspecified atom stereocenters. The summed E-state index contributed by atoms with van der Waals surface area (Å²) in [7, 11) is 1.27. The maximum atomic E-state index is 14.1. The molecule has 44 heavy (non-hydrogen) atoms. The molecular formula is C32H35N3O9. The first-order valence-corrected chi connectivity index (χ1v) is 14.1. The number of aliphatic hydroxyl groups is 1. The largest absolute Gasteiger partial charge is 0.492 e. The Morgan fingerprint density at radius 1 is 0.932 bits per heavy atom. The van der Waals surface area contributed by atoms with Crippen molar-refractivity contribution in [1.82, 2.24) is 0 Å². The monoisotopic (exact) mass is 605 g/mol. The molecule has 0 bridgehead atoms. The summed E-state index contributed by atoms with van der Waals surface area (Å²) >= 11 is 0. The number of hydrogen-bond acceptors (Lipinski definition) is 9. The summed E-state index contributed by atoms with van der Waals surface area (Å²) in [6.45, 7) is 5.56. The highest BCUT2D eigenvalue weighted by molar-refractivity contribution is 6.11. The lowest BCUT2D eigenvalue weighted by Crippen LogP contribution is -2.56. The van der Waals surface area contributed by atoms with E-state index in [1.54, 1.807) is 62.4 Å². The second kappa shape index (κ2) is 13.6. The van der Waals surface area contributed by atoms with E-state index in [1.165, 1.54) is 32.2 Å². The van der Waals surface area contributed by atoms with Gasteiger partial charge >= 0.3 is 5.69 Å². The number of carbonyl (C=O) groups is 3. The molecule has 3 aromatic carbocycles. The number of methoxy groups -OCH3 is 1. The Kier molecular flexibility index (Phi) is 9.84. The van der Waals surface area contributed by atoms with Crippen molar-refractivity contribution in [2.75, 3.05) is 31.0 Å². The fourth-order valence-corrected chi connectivity index (χ4v) is 5.67. The van der Waals surface area contributed by atoms with Gasteiger partial charge in [0, 0.05) is 18.4 Å². The first kappa shape index (κ1) is 32.0. The average molecular weight is 606 g/mol. The Balaban J connectivity index is 1.85. The first-order valence-electron chi connectivity index (χ1n) is 14.1. The van der Waals surface area contributed by atoms with Crippen LogP contribution in [0.1, 0.15) is 38.7 Å². The van der Waals surface area contributed by atoms with Gasteiger partial charge in [0.15, 0.2) is 5.75 Å². The average Bonchev–Trinajstić information content (AvgIpc) is 2.98. The molecule has 0 spiro atoms. The minimum absolute atomic E-state index is 0.0501. The van der Waals surface area contributed by atoms with Crippen LogP contribution in [0.5, 0.6) is 17.2 Å². The van der Waals surface area contributed by atoms with Crippen molar-refractivity contribution < 1.29 is 38.6 Å². The fraction of sp³-hybridized carbons (Fsp3) is 0.344. The van der Waals surface area contributed by atoms with Crippen molar-refractivity contribution in [3.8, 4) is 17.2 Å². The molecule has 232 valence electrons. The van der Waals surface area contributed by atoms with Crippen LogP contribution in [0.15, 0.2) is 66.7 Å². The van der Waals surface area contributed by atoms with Crippen molar-refractivity contribution in [3.05, 3.63) is 82.4 Å². The van der Waals surface area contributed by atoms with Crippen LogP contribution < -0.4 is 24.8 Å². The lowest BCUT2D eigenvalue weighted by molar-refractivity contribution is -0.385. The fourth-order valence-electron chi connectivity index (χ4n) is 5.67. The number of rotatable bonds is 11. The van der Waals surface area contributed by atoms with Gasteiger partial charge in [-0.25, -0.2) is 0 Å². The van der Waals surface area contributed by atoms with E-state index in [4.69, 9.17) is 14.2 Å². The molecule has 4 atom stereocenters. The minimum atomic E-state index is -1.93. The third kappa shape index (κ3) is 6.65. The number of hydrogen-bond donors (Lipinski definition) is 3. The van der Waals surface area contributed by atoms with Crippen LogP contribution in [0.3, 0.4) is 0 Å². The van der Waals surface area contributed by atoms with E-state index in [-0.39, 0.29) is 11.3 Å². The number of anilines is 2. The topological polar surface area (TPSA) is 166 Å². The van der Waals surface area contributed by atoms with Crippen molar-refractivity contribution in [1.29, 1.82) is 0 Å². The first-order chi connectivity index (χ1) is 21.0. The van der Waals surface area contributed by atoms with Gasteiger partial charge in [0.25, 0.3) is 0 Å². The second-order valence-corrected chi connectivity index (χ2v) is 10.5. The number of nitro benzene ring substituents is 1. The number of ketones is 1. The maximum absolute atomic E-state index is 14.1. The summed E-state index contributed by atoms with van der Waals surface area (Å²) in [6.07, 6.45) is -0.516. The van der Waals surface area contributed by atoms with Gasteiger partial charge < -0.3 is 30.0 Å². The van der Waals surface area contributed by atoms with E-state index in [0.717, 1.165) is 0 Å². The van der Waals surface area contributed by atoms with Crippen LogP contribution in [0.4, 0.5) is 17.1 Å². The zero-order chi connectivity index (χ0) is 32.0. The van der Waals surface area contributed by atoms with E-state index in [2.05, 4.69) is 10.6 Å². The molecule has 1 saturated carbocycles. The minimum Gasteiger partial charge on any atom is -0.492 e. The summed E-state index contributed by atoms with van der Waals surface area (Å²) in [5.41, 5.74) is -1.61. The van der Waals surface area contributed by atoms with Gasteiger partial charge in [-0.15, -0.1) is 0 Å². The molecule has 2 amide bonds. The quantitative estimate of drug-likeness (QED) is 0.159. The molecular weight excluding hydrogens is 570 g/mol. The number of nitrogens with one attached hydrogen (secondary N) is 2. The van der Waals surface area contributed by atoms with Crippen molar-refractivity contribution in [2.45, 2.75) is 38.7 Å². The van der Waals surface area contributed by atoms with Crippen LogP contribution in [-0.2, 0) is 14.4 Å². The van der Waals surface area contributed by atoms with Crippen molar-refractivity contribution in [2.24, 2.45) is 11.8 Å². The molecule has 0 aliphatic heterocycles. The number of benzene rings is 3. The van der Waals surface area contributed by atoms with Crippen molar-refractivity contribution in [3.63, 3.8) is 0 Å². The molecule has 0 heterocycles. The molecule has 1 aliphatic carbocycles. The van der Waals surface area contributed by atoms with Gasteiger partial charge in [0.05, 0.1) is 48.1 Å². The Hall–Kier alpha value is -4.97. The standard InChI is InChI=1S/C32H35N3O9/c1-5-43-24-13-9-7-11-20(24)33-30(37)28-23(36)18-32(3,39)29(31(38)34-21-12-8-10-14-25(21)44-6-2)27(28)19-15-16-26(42-4)22(17-19)35(40)41/h7-17,27-29,39H,5-6,18H2,1-4H3,(H,33,37)(H,34,38). The third-order valence-electron chi connectivity index (χ3n) is 7.51. The number of carbonyl (C=O) groups excluding carboxylic acids is 3. The lowest BCUT2D eigenvalue weighted by atomic mass is 9.61. The second-order valence-electron chi connectivity index (χ2n) is 10.5. The number of ether oxygens (including phenoxy) is 3. The highest BCUT2D eigenvalue weighted by Gasteiger charge is 2.56. The number of nitrogens with zero attached hydrogens (tertiary/aromatic N) is 1. The van der Waals surface area contributed by atoms with Gasteiger partial charge in [0.1, 0.15) is 23.2 Å². The molecule has 3 aromatic rings. The summed E-state index contributed by atoms with van der Waals surface area (Å²) in [6, 6.07) is 17.3. The molecule has 12 heteroatoms. The van der Waals surface area contributed by atoms with Gasteiger partial charge in [0.2, 0.25) is 11.8 Å². The lowest BCUT2D eigenvalue weighted by Gasteiger charge is -2.44. The van der Waals surface area contributed by atoms with Gasteiger partial charge in [-0.1, -0.05) is 30.3 Å². The zero-order valence-corrected chi connectivity index (χ0v) is 24.9. The number of nitro groups is 1. The van der Waals surface area contributed by atoms with Gasteiger partial charge in [-0.2, -0.15) is 0 Å². The number of para-hydroxylation sites is 4. The third-order valence-corrected chi connectivity index (χ3v) is 7.51. The summed E-state index contributed by atoms with van der Waals surface area (Å²) in [5.74, 6) is -5.61. The summed E-state index contributed by atoms with van der Waals surface area (Å²) in [5, 5.41) is 29.1. The molecule has 0 saturated heterocycles. The van der Waals surface area contributed by atoms with Gasteiger partial charge in [-0.05, 0) is 56.7 Å². The van der Waals surface area contributed by atoms with E-state index < -0.39 is 58.0 Å². The molecule has 0 aromatic heterocycles. The van der Waals surface area contributed by atoms with Crippen LogP contribution in [0, 0.1) is 22.0 Å². The Bertz CT molecular complexity index is 1560. The maximum Gasteiger partial charge on any atom is 0.311 e. The zero-order valence-electron chi connectivity index (χ0n) is 24.9. The number of Topliss-reactive ketones (excluding diaryl/α,β-unsaturated/α-hetero) is 1.